The maximum atomic E-state index is 12.3. The Hall–Kier alpha value is -2.63. The molecule has 20 heavy (non-hydrogen) atoms. The van der Waals surface area contributed by atoms with Gasteiger partial charge in [0.1, 0.15) is 11.4 Å². The molecule has 3 rings (SSSR count). The average Bonchev–Trinajstić information content (AvgIpc) is 3.03. The van der Waals surface area contributed by atoms with Crippen molar-refractivity contribution in [2.45, 2.75) is 13.5 Å². The van der Waals surface area contributed by atoms with E-state index < -0.39 is 0 Å². The monoisotopic (exact) mass is 270 g/mol. The lowest BCUT2D eigenvalue weighted by atomic mass is 10.2. The van der Waals surface area contributed by atoms with Crippen LogP contribution in [0, 0.1) is 6.92 Å². The number of nitrogens with one attached hydrogen (secondary N) is 1. The van der Waals surface area contributed by atoms with E-state index in [9.17, 15) is 4.79 Å². The first-order valence-corrected chi connectivity index (χ1v) is 6.25. The predicted octanol–water partition coefficient (Wildman–Crippen LogP) is 2.13. The number of hydrogen-bond donors (Lipinski definition) is 1. The van der Waals surface area contributed by atoms with Crippen molar-refractivity contribution in [1.82, 2.24) is 20.1 Å². The molecule has 0 radical (unpaired) electrons. The van der Waals surface area contributed by atoms with Crippen molar-refractivity contribution in [3.63, 3.8) is 0 Å². The standard InChI is InChI=1S/C14H14N4O2/c1-9-15-13(17-16-9)8-18(2)14(19)12-7-10-5-3-4-6-11(10)20-12/h3-7H,8H2,1-2H3,(H,15,16,17). The third-order valence-corrected chi connectivity index (χ3v) is 3.01. The minimum absolute atomic E-state index is 0.191. The number of fused-ring (bicyclic) bond motifs is 1. The Morgan fingerprint density at radius 2 is 2.20 bits per heavy atom. The Kier molecular flexibility index (Phi) is 2.98. The lowest BCUT2D eigenvalue weighted by molar-refractivity contribution is 0.0752. The molecule has 2 heterocycles. The van der Waals surface area contributed by atoms with E-state index in [0.717, 1.165) is 11.2 Å². The smallest absolute Gasteiger partial charge is 0.289 e. The van der Waals surface area contributed by atoms with Crippen molar-refractivity contribution in [1.29, 1.82) is 0 Å². The topological polar surface area (TPSA) is 75.0 Å². The fourth-order valence-corrected chi connectivity index (χ4v) is 2.02. The van der Waals surface area contributed by atoms with E-state index in [1.165, 1.54) is 4.90 Å². The second kappa shape index (κ2) is 4.80. The fraction of sp³-hybridized carbons (Fsp3) is 0.214. The zero-order valence-electron chi connectivity index (χ0n) is 11.3. The summed E-state index contributed by atoms with van der Waals surface area (Å²) in [5.74, 6) is 1.43. The number of carbonyl (C=O) groups excluding carboxylic acids is 1. The minimum atomic E-state index is -0.191. The van der Waals surface area contributed by atoms with Gasteiger partial charge in [0.25, 0.3) is 5.91 Å². The third kappa shape index (κ3) is 2.27. The molecule has 102 valence electrons. The number of amides is 1. The highest BCUT2D eigenvalue weighted by Gasteiger charge is 2.18. The van der Waals surface area contributed by atoms with E-state index in [0.29, 0.717) is 23.7 Å². The Bertz CT molecular complexity index is 726. The maximum absolute atomic E-state index is 12.3. The molecule has 0 aliphatic heterocycles. The number of H-pyrrole nitrogens is 1. The predicted molar refractivity (Wildman–Crippen MR) is 73.1 cm³/mol. The molecule has 0 saturated carbocycles. The van der Waals surface area contributed by atoms with Crippen LogP contribution in [0.1, 0.15) is 22.2 Å². The molecule has 2 aromatic heterocycles. The van der Waals surface area contributed by atoms with E-state index >= 15 is 0 Å². The summed E-state index contributed by atoms with van der Waals surface area (Å²) in [6.45, 7) is 2.15. The summed E-state index contributed by atoms with van der Waals surface area (Å²) in [5.41, 5.74) is 0.706. The highest BCUT2D eigenvalue weighted by atomic mass is 16.3. The Labute approximate surface area is 115 Å². The third-order valence-electron chi connectivity index (χ3n) is 3.01. The first-order chi connectivity index (χ1) is 9.63. The lowest BCUT2D eigenvalue weighted by Crippen LogP contribution is -2.26. The van der Waals surface area contributed by atoms with Crippen molar-refractivity contribution in [3.05, 3.63) is 47.7 Å². The van der Waals surface area contributed by atoms with Gasteiger partial charge in [-0.15, -0.1) is 0 Å². The van der Waals surface area contributed by atoms with Gasteiger partial charge in [-0.25, -0.2) is 4.98 Å². The molecule has 0 unspecified atom stereocenters. The molecule has 0 atom stereocenters. The SMILES string of the molecule is Cc1nc(CN(C)C(=O)c2cc3ccccc3o2)n[nH]1. The number of aryl methyl sites for hydroxylation is 1. The van der Waals surface area contributed by atoms with Gasteiger partial charge >= 0.3 is 0 Å². The first kappa shape index (κ1) is 12.4. The molecule has 0 saturated heterocycles. The minimum Gasteiger partial charge on any atom is -0.451 e. The molecule has 3 aromatic rings. The van der Waals surface area contributed by atoms with Crippen molar-refractivity contribution >= 4 is 16.9 Å². The van der Waals surface area contributed by atoms with Crippen molar-refractivity contribution in [3.8, 4) is 0 Å². The van der Waals surface area contributed by atoms with E-state index in [1.54, 1.807) is 13.1 Å². The second-order valence-corrected chi connectivity index (χ2v) is 4.65. The van der Waals surface area contributed by atoms with Crippen LogP contribution < -0.4 is 0 Å². The summed E-state index contributed by atoms with van der Waals surface area (Å²) in [7, 11) is 1.70. The molecule has 0 spiro atoms. The quantitative estimate of drug-likeness (QED) is 0.791. The lowest BCUT2D eigenvalue weighted by Gasteiger charge is -2.12. The highest BCUT2D eigenvalue weighted by Crippen LogP contribution is 2.20. The molecule has 0 fully saturated rings. The first-order valence-electron chi connectivity index (χ1n) is 6.25. The zero-order chi connectivity index (χ0) is 14.1. The van der Waals surface area contributed by atoms with E-state index in [2.05, 4.69) is 15.2 Å². The summed E-state index contributed by atoms with van der Waals surface area (Å²) in [4.78, 5) is 18.0. The Morgan fingerprint density at radius 1 is 1.40 bits per heavy atom. The van der Waals surface area contributed by atoms with Crippen LogP contribution in [0.25, 0.3) is 11.0 Å². The molecule has 6 heteroatoms. The fourth-order valence-electron chi connectivity index (χ4n) is 2.02. The number of furan rings is 1. The van der Waals surface area contributed by atoms with Gasteiger partial charge in [-0.1, -0.05) is 18.2 Å². The highest BCUT2D eigenvalue weighted by molar-refractivity contribution is 5.95. The van der Waals surface area contributed by atoms with Gasteiger partial charge in [0.15, 0.2) is 11.6 Å². The van der Waals surface area contributed by atoms with Crippen LogP contribution in [-0.2, 0) is 6.54 Å². The van der Waals surface area contributed by atoms with Crippen molar-refractivity contribution in [2.24, 2.45) is 0 Å². The number of para-hydroxylation sites is 1. The van der Waals surface area contributed by atoms with Gasteiger partial charge in [0.05, 0.1) is 6.54 Å². The number of nitrogens with zero attached hydrogens (tertiary/aromatic N) is 3. The summed E-state index contributed by atoms with van der Waals surface area (Å²) in [6.07, 6.45) is 0. The molecule has 6 nitrogen and oxygen atoms in total. The van der Waals surface area contributed by atoms with Crippen LogP contribution in [-0.4, -0.2) is 33.0 Å². The van der Waals surface area contributed by atoms with Gasteiger partial charge in [0.2, 0.25) is 0 Å². The Balaban J connectivity index is 1.80. The van der Waals surface area contributed by atoms with Crippen LogP contribution in [0.4, 0.5) is 0 Å². The number of hydrogen-bond acceptors (Lipinski definition) is 4. The largest absolute Gasteiger partial charge is 0.451 e. The van der Waals surface area contributed by atoms with Crippen LogP contribution in [0.2, 0.25) is 0 Å². The summed E-state index contributed by atoms with van der Waals surface area (Å²) in [6, 6.07) is 9.28. The van der Waals surface area contributed by atoms with Gasteiger partial charge in [0, 0.05) is 12.4 Å². The van der Waals surface area contributed by atoms with Gasteiger partial charge in [-0.05, 0) is 19.1 Å². The molecule has 0 aliphatic carbocycles. The summed E-state index contributed by atoms with van der Waals surface area (Å²) in [5, 5.41) is 7.68. The molecule has 1 amide bonds. The van der Waals surface area contributed by atoms with Crippen LogP contribution >= 0.6 is 0 Å². The van der Waals surface area contributed by atoms with Gasteiger partial charge in [-0.2, -0.15) is 5.10 Å². The molecular formula is C14H14N4O2. The number of aromatic nitrogens is 3. The summed E-state index contributed by atoms with van der Waals surface area (Å²) >= 11 is 0. The number of aromatic amines is 1. The molecule has 1 N–H and O–H groups in total. The van der Waals surface area contributed by atoms with Crippen LogP contribution in [0.15, 0.2) is 34.7 Å². The molecule has 0 bridgehead atoms. The molecule has 0 aliphatic rings. The van der Waals surface area contributed by atoms with Crippen LogP contribution in [0.5, 0.6) is 0 Å². The average molecular weight is 270 g/mol. The molecular weight excluding hydrogens is 256 g/mol. The second-order valence-electron chi connectivity index (χ2n) is 4.65. The number of rotatable bonds is 3. The normalized spacial score (nSPS) is 10.9. The van der Waals surface area contributed by atoms with E-state index in [1.807, 2.05) is 31.2 Å². The summed E-state index contributed by atoms with van der Waals surface area (Å²) < 4.78 is 5.55. The van der Waals surface area contributed by atoms with Gasteiger partial charge in [-0.3, -0.25) is 9.89 Å². The Morgan fingerprint density at radius 3 is 2.90 bits per heavy atom. The van der Waals surface area contributed by atoms with Crippen molar-refractivity contribution in [2.75, 3.05) is 7.05 Å². The number of carbonyl (C=O) groups is 1. The van der Waals surface area contributed by atoms with Gasteiger partial charge < -0.3 is 9.32 Å². The van der Waals surface area contributed by atoms with E-state index in [4.69, 9.17) is 4.42 Å². The van der Waals surface area contributed by atoms with E-state index in [-0.39, 0.29) is 5.91 Å². The number of benzene rings is 1. The molecule has 1 aromatic carbocycles. The zero-order valence-corrected chi connectivity index (χ0v) is 11.3. The van der Waals surface area contributed by atoms with Crippen LogP contribution in [0.3, 0.4) is 0 Å². The maximum Gasteiger partial charge on any atom is 0.289 e. The van der Waals surface area contributed by atoms with Crippen molar-refractivity contribution < 1.29 is 9.21 Å².